The standard InChI is InChI=1S/C18H22F3N5O/c1-13-11-15(24-26(13)14-5-3-2-4-6-14)17(27)23-12-16(18(19,20)21)25-9-7-22-8-10-25/h2-6,11,16,22H,7-10,12H2,1H3,(H,23,27). The number of aryl methyl sites for hydroxylation is 1. The predicted molar refractivity (Wildman–Crippen MR) is 94.9 cm³/mol. The van der Waals surface area contributed by atoms with Crippen LogP contribution < -0.4 is 10.6 Å². The summed E-state index contributed by atoms with van der Waals surface area (Å²) in [5.74, 6) is -0.614. The molecule has 2 heterocycles. The molecule has 2 N–H and O–H groups in total. The summed E-state index contributed by atoms with van der Waals surface area (Å²) in [6.07, 6.45) is -4.41. The number of amides is 1. The molecule has 1 aromatic heterocycles. The summed E-state index contributed by atoms with van der Waals surface area (Å²) in [5, 5.41) is 9.66. The number of hydrogen-bond donors (Lipinski definition) is 2. The van der Waals surface area contributed by atoms with Gasteiger partial charge in [-0.3, -0.25) is 9.69 Å². The maximum atomic E-state index is 13.4. The molecule has 0 radical (unpaired) electrons. The zero-order chi connectivity index (χ0) is 19.4. The maximum Gasteiger partial charge on any atom is 0.405 e. The summed E-state index contributed by atoms with van der Waals surface area (Å²) < 4.78 is 41.8. The van der Waals surface area contributed by atoms with Crippen molar-refractivity contribution in [3.63, 3.8) is 0 Å². The Hall–Kier alpha value is -2.39. The van der Waals surface area contributed by atoms with Gasteiger partial charge in [-0.1, -0.05) is 18.2 Å². The Balaban J connectivity index is 1.69. The summed E-state index contributed by atoms with van der Waals surface area (Å²) in [7, 11) is 0. The summed E-state index contributed by atoms with van der Waals surface area (Å²) in [5.41, 5.74) is 1.60. The smallest absolute Gasteiger partial charge is 0.349 e. The Morgan fingerprint density at radius 2 is 1.93 bits per heavy atom. The molecule has 6 nitrogen and oxygen atoms in total. The third-order valence-electron chi connectivity index (χ3n) is 4.55. The number of piperazine rings is 1. The molecule has 1 amide bonds. The van der Waals surface area contributed by atoms with Crippen molar-refractivity contribution in [2.75, 3.05) is 32.7 Å². The Bertz CT molecular complexity index is 769. The van der Waals surface area contributed by atoms with E-state index in [4.69, 9.17) is 0 Å². The van der Waals surface area contributed by atoms with E-state index in [2.05, 4.69) is 15.7 Å². The molecule has 1 unspecified atom stereocenters. The highest BCUT2D eigenvalue weighted by molar-refractivity contribution is 5.92. The van der Waals surface area contributed by atoms with E-state index in [9.17, 15) is 18.0 Å². The number of alkyl halides is 3. The molecule has 0 aliphatic carbocycles. The SMILES string of the molecule is Cc1cc(C(=O)NCC(N2CCNCC2)C(F)(F)F)nn1-c1ccccc1. The molecular formula is C18H22F3N5O. The highest BCUT2D eigenvalue weighted by Gasteiger charge is 2.43. The first-order chi connectivity index (χ1) is 12.9. The summed E-state index contributed by atoms with van der Waals surface area (Å²) in [6.45, 7) is 2.88. The molecule has 146 valence electrons. The van der Waals surface area contributed by atoms with E-state index in [1.54, 1.807) is 17.7 Å². The van der Waals surface area contributed by atoms with Crippen molar-refractivity contribution in [2.24, 2.45) is 0 Å². The van der Waals surface area contributed by atoms with Crippen molar-refractivity contribution in [3.8, 4) is 5.69 Å². The highest BCUT2D eigenvalue weighted by Crippen LogP contribution is 2.25. The number of nitrogens with one attached hydrogen (secondary N) is 2. The van der Waals surface area contributed by atoms with Crippen LogP contribution in [-0.4, -0.2) is 65.5 Å². The van der Waals surface area contributed by atoms with Crippen molar-refractivity contribution in [1.29, 1.82) is 0 Å². The van der Waals surface area contributed by atoms with Gasteiger partial charge in [-0.25, -0.2) is 4.68 Å². The molecule has 0 saturated carbocycles. The van der Waals surface area contributed by atoms with Gasteiger partial charge in [0, 0.05) is 38.4 Å². The van der Waals surface area contributed by atoms with Crippen molar-refractivity contribution >= 4 is 5.91 Å². The van der Waals surface area contributed by atoms with Crippen molar-refractivity contribution in [2.45, 2.75) is 19.1 Å². The van der Waals surface area contributed by atoms with E-state index >= 15 is 0 Å². The number of rotatable bonds is 5. The molecule has 3 rings (SSSR count). The van der Waals surface area contributed by atoms with Crippen LogP contribution in [0.4, 0.5) is 13.2 Å². The first-order valence-electron chi connectivity index (χ1n) is 8.78. The average molecular weight is 381 g/mol. The molecule has 2 aromatic rings. The van der Waals surface area contributed by atoms with Crippen LogP contribution in [0, 0.1) is 6.92 Å². The molecule has 9 heteroatoms. The van der Waals surface area contributed by atoms with Crippen LogP contribution in [0.1, 0.15) is 16.2 Å². The van der Waals surface area contributed by atoms with Crippen molar-refractivity contribution in [3.05, 3.63) is 47.8 Å². The lowest BCUT2D eigenvalue weighted by Crippen LogP contribution is -2.57. The van der Waals surface area contributed by atoms with E-state index in [0.29, 0.717) is 26.2 Å². The van der Waals surface area contributed by atoms with Crippen LogP contribution in [0.5, 0.6) is 0 Å². The first kappa shape index (κ1) is 19.4. The maximum absolute atomic E-state index is 13.4. The van der Waals surface area contributed by atoms with Gasteiger partial charge >= 0.3 is 6.18 Å². The third kappa shape index (κ3) is 4.67. The Morgan fingerprint density at radius 3 is 2.56 bits per heavy atom. The fourth-order valence-electron chi connectivity index (χ4n) is 3.14. The number of benzene rings is 1. The minimum atomic E-state index is -4.41. The summed E-state index contributed by atoms with van der Waals surface area (Å²) >= 11 is 0. The number of halogens is 3. The quantitative estimate of drug-likeness (QED) is 0.829. The van der Waals surface area contributed by atoms with Crippen LogP contribution >= 0.6 is 0 Å². The van der Waals surface area contributed by atoms with Crippen LogP contribution in [-0.2, 0) is 0 Å². The van der Waals surface area contributed by atoms with Gasteiger partial charge in [-0.15, -0.1) is 0 Å². The van der Waals surface area contributed by atoms with Gasteiger partial charge in [0.25, 0.3) is 5.91 Å². The van der Waals surface area contributed by atoms with Gasteiger partial charge < -0.3 is 10.6 Å². The second kappa shape index (κ2) is 8.10. The fourth-order valence-corrected chi connectivity index (χ4v) is 3.14. The molecule has 0 spiro atoms. The predicted octanol–water partition coefficient (Wildman–Crippen LogP) is 1.75. The lowest BCUT2D eigenvalue weighted by molar-refractivity contribution is -0.183. The fraction of sp³-hybridized carbons (Fsp3) is 0.444. The van der Waals surface area contributed by atoms with Crippen LogP contribution in [0.15, 0.2) is 36.4 Å². The number of aromatic nitrogens is 2. The first-order valence-corrected chi connectivity index (χ1v) is 8.78. The minimum Gasteiger partial charge on any atom is -0.349 e. The Morgan fingerprint density at radius 1 is 1.26 bits per heavy atom. The molecule has 1 saturated heterocycles. The zero-order valence-electron chi connectivity index (χ0n) is 15.0. The molecule has 27 heavy (non-hydrogen) atoms. The second-order valence-electron chi connectivity index (χ2n) is 6.47. The van der Waals surface area contributed by atoms with E-state index in [1.165, 1.54) is 4.90 Å². The molecule has 1 aliphatic rings. The molecule has 1 aromatic carbocycles. The molecule has 1 fully saturated rings. The number of hydrogen-bond acceptors (Lipinski definition) is 4. The monoisotopic (exact) mass is 381 g/mol. The topological polar surface area (TPSA) is 62.2 Å². The van der Waals surface area contributed by atoms with E-state index < -0.39 is 24.7 Å². The average Bonchev–Trinajstić information content (AvgIpc) is 3.04. The van der Waals surface area contributed by atoms with Gasteiger partial charge in [0.1, 0.15) is 6.04 Å². The Labute approximate surface area is 155 Å². The van der Waals surface area contributed by atoms with Gasteiger partial charge in [-0.2, -0.15) is 18.3 Å². The number of carbonyl (C=O) groups excluding carboxylic acids is 1. The molecule has 1 atom stereocenters. The lowest BCUT2D eigenvalue weighted by atomic mass is 10.2. The zero-order valence-corrected chi connectivity index (χ0v) is 15.0. The van der Waals surface area contributed by atoms with Crippen molar-refractivity contribution < 1.29 is 18.0 Å². The summed E-state index contributed by atoms with van der Waals surface area (Å²) in [4.78, 5) is 13.7. The number of para-hydroxylation sites is 1. The molecular weight excluding hydrogens is 359 g/mol. The molecule has 0 bridgehead atoms. The third-order valence-corrected chi connectivity index (χ3v) is 4.55. The van der Waals surface area contributed by atoms with Crippen LogP contribution in [0.2, 0.25) is 0 Å². The highest BCUT2D eigenvalue weighted by atomic mass is 19.4. The van der Waals surface area contributed by atoms with E-state index in [1.807, 2.05) is 30.3 Å². The van der Waals surface area contributed by atoms with E-state index in [0.717, 1.165) is 11.4 Å². The number of carbonyl (C=O) groups is 1. The largest absolute Gasteiger partial charge is 0.405 e. The van der Waals surface area contributed by atoms with Crippen molar-refractivity contribution in [1.82, 2.24) is 25.3 Å². The molecule has 1 aliphatic heterocycles. The normalized spacial score (nSPS) is 16.9. The lowest BCUT2D eigenvalue weighted by Gasteiger charge is -2.35. The van der Waals surface area contributed by atoms with Gasteiger partial charge in [0.15, 0.2) is 5.69 Å². The van der Waals surface area contributed by atoms with Crippen LogP contribution in [0.3, 0.4) is 0 Å². The number of nitrogens with zero attached hydrogens (tertiary/aromatic N) is 3. The van der Waals surface area contributed by atoms with Gasteiger partial charge in [0.2, 0.25) is 0 Å². The van der Waals surface area contributed by atoms with E-state index in [-0.39, 0.29) is 5.69 Å². The van der Waals surface area contributed by atoms with Crippen LogP contribution in [0.25, 0.3) is 5.69 Å². The summed E-state index contributed by atoms with van der Waals surface area (Å²) in [6, 6.07) is 9.09. The van der Waals surface area contributed by atoms with Gasteiger partial charge in [0.05, 0.1) is 5.69 Å². The second-order valence-corrected chi connectivity index (χ2v) is 6.47. The minimum absolute atomic E-state index is 0.0950. The van der Waals surface area contributed by atoms with Gasteiger partial charge in [-0.05, 0) is 25.1 Å². The Kier molecular flexibility index (Phi) is 5.81.